The van der Waals surface area contributed by atoms with Gasteiger partial charge in [-0.05, 0) is 41.5 Å². The summed E-state index contributed by atoms with van der Waals surface area (Å²) in [6.07, 6.45) is 2.52. The van der Waals surface area contributed by atoms with Gasteiger partial charge < -0.3 is 4.74 Å². The number of aliphatic imine (C=N–C) groups is 1. The van der Waals surface area contributed by atoms with Gasteiger partial charge in [0.1, 0.15) is 5.75 Å². The van der Waals surface area contributed by atoms with E-state index in [1.165, 1.54) is 0 Å². The van der Waals surface area contributed by atoms with Gasteiger partial charge in [0.15, 0.2) is 0 Å². The minimum atomic E-state index is 0.667. The first-order chi connectivity index (χ1) is 12.3. The summed E-state index contributed by atoms with van der Waals surface area (Å²) in [6, 6.07) is 25.9. The van der Waals surface area contributed by atoms with Gasteiger partial charge in [0.05, 0.1) is 12.8 Å². The monoisotopic (exact) mass is 325 g/mol. The molecule has 122 valence electrons. The van der Waals surface area contributed by atoms with E-state index in [2.05, 4.69) is 22.9 Å². The summed E-state index contributed by atoms with van der Waals surface area (Å²) in [7, 11) is 1.66. The first-order valence-electron chi connectivity index (χ1n) is 8.15. The maximum atomic E-state index is 5.25. The Hall–Kier alpha value is -3.31. The van der Waals surface area contributed by atoms with Crippen molar-refractivity contribution in [1.29, 1.82) is 0 Å². The molecule has 0 fully saturated rings. The number of ether oxygens (including phenoxy) is 1. The Balaban J connectivity index is 1.77. The molecule has 0 aromatic heterocycles. The van der Waals surface area contributed by atoms with Gasteiger partial charge in [-0.15, -0.1) is 0 Å². The highest BCUT2D eigenvalue weighted by Crippen LogP contribution is 2.19. The Morgan fingerprint density at radius 2 is 1.72 bits per heavy atom. The smallest absolute Gasteiger partial charge is 0.119 e. The molecule has 3 aromatic rings. The van der Waals surface area contributed by atoms with Crippen LogP contribution in [0.5, 0.6) is 5.75 Å². The molecule has 0 aliphatic heterocycles. The van der Waals surface area contributed by atoms with Crippen LogP contribution in [0.1, 0.15) is 16.7 Å². The summed E-state index contributed by atoms with van der Waals surface area (Å²) in [5, 5.41) is 0. The van der Waals surface area contributed by atoms with E-state index in [1.807, 2.05) is 79.0 Å². The lowest BCUT2D eigenvalue weighted by Crippen LogP contribution is -1.87. The summed E-state index contributed by atoms with van der Waals surface area (Å²) in [5.41, 5.74) is 4.09. The van der Waals surface area contributed by atoms with E-state index in [9.17, 15) is 0 Å². The number of hydrogen-bond acceptors (Lipinski definition) is 2. The maximum Gasteiger partial charge on any atom is 0.119 e. The summed E-state index contributed by atoms with van der Waals surface area (Å²) in [4.78, 5) is 4.63. The molecule has 0 saturated carbocycles. The molecule has 25 heavy (non-hydrogen) atoms. The third-order valence-corrected chi connectivity index (χ3v) is 3.72. The molecule has 0 aliphatic carbocycles. The Labute approximate surface area is 148 Å². The first kappa shape index (κ1) is 16.5. The van der Waals surface area contributed by atoms with Crippen LogP contribution in [0.4, 0.5) is 5.69 Å². The van der Waals surface area contributed by atoms with Crippen LogP contribution in [0.3, 0.4) is 0 Å². The first-order valence-corrected chi connectivity index (χ1v) is 8.15. The lowest BCUT2D eigenvalue weighted by molar-refractivity contribution is 0.415. The second-order valence-corrected chi connectivity index (χ2v) is 5.51. The standard InChI is InChI=1S/C23H19NO/c1-25-22-15-8-12-20(17-22)18-24-23-16-6-5-13-21(23)14-7-11-19-9-3-2-4-10-19/h2-6,8-10,12-13,15-18H,14H2,1H3. The third kappa shape index (κ3) is 4.83. The molecule has 0 unspecified atom stereocenters. The Bertz CT molecular complexity index is 917. The van der Waals surface area contributed by atoms with Crippen molar-refractivity contribution in [3.05, 3.63) is 95.6 Å². The fraction of sp³-hybridized carbons (Fsp3) is 0.0870. The molecule has 0 spiro atoms. The van der Waals surface area contributed by atoms with Gasteiger partial charge in [-0.1, -0.05) is 60.4 Å². The zero-order chi connectivity index (χ0) is 17.3. The van der Waals surface area contributed by atoms with Gasteiger partial charge in [0.25, 0.3) is 0 Å². The summed E-state index contributed by atoms with van der Waals surface area (Å²) in [6.45, 7) is 0. The number of rotatable bonds is 4. The maximum absolute atomic E-state index is 5.25. The minimum absolute atomic E-state index is 0.667. The largest absolute Gasteiger partial charge is 0.497 e. The molecule has 0 N–H and O–H groups in total. The molecular weight excluding hydrogens is 306 g/mol. The summed E-state index contributed by atoms with van der Waals surface area (Å²) in [5.74, 6) is 7.25. The highest BCUT2D eigenvalue weighted by Gasteiger charge is 1.98. The highest BCUT2D eigenvalue weighted by molar-refractivity contribution is 5.82. The Morgan fingerprint density at radius 1 is 0.920 bits per heavy atom. The zero-order valence-electron chi connectivity index (χ0n) is 14.1. The number of para-hydroxylation sites is 1. The van der Waals surface area contributed by atoms with Crippen molar-refractivity contribution >= 4 is 11.9 Å². The minimum Gasteiger partial charge on any atom is -0.497 e. The number of hydrogen-bond donors (Lipinski definition) is 0. The van der Waals surface area contributed by atoms with Crippen LogP contribution in [0.2, 0.25) is 0 Å². The van der Waals surface area contributed by atoms with Gasteiger partial charge in [0.2, 0.25) is 0 Å². The molecule has 0 radical (unpaired) electrons. The molecule has 0 aliphatic rings. The normalized spacial score (nSPS) is 10.3. The average molecular weight is 325 g/mol. The van der Waals surface area contributed by atoms with Gasteiger partial charge in [-0.25, -0.2) is 0 Å². The number of methoxy groups -OCH3 is 1. The van der Waals surface area contributed by atoms with Crippen LogP contribution in [-0.2, 0) is 6.42 Å². The predicted molar refractivity (Wildman–Crippen MR) is 104 cm³/mol. The predicted octanol–water partition coefficient (Wildman–Crippen LogP) is 5.04. The van der Waals surface area contributed by atoms with Gasteiger partial charge in [-0.2, -0.15) is 0 Å². The highest BCUT2D eigenvalue weighted by atomic mass is 16.5. The van der Waals surface area contributed by atoms with Crippen molar-refractivity contribution < 1.29 is 4.74 Å². The molecule has 0 bridgehead atoms. The molecule has 0 heterocycles. The molecule has 3 rings (SSSR count). The molecule has 2 nitrogen and oxygen atoms in total. The van der Waals surface area contributed by atoms with Gasteiger partial charge in [0, 0.05) is 18.2 Å². The zero-order valence-corrected chi connectivity index (χ0v) is 14.1. The Kier molecular flexibility index (Phi) is 5.64. The number of benzene rings is 3. The van der Waals surface area contributed by atoms with Gasteiger partial charge >= 0.3 is 0 Å². The molecular formula is C23H19NO. The van der Waals surface area contributed by atoms with Crippen molar-refractivity contribution in [2.45, 2.75) is 6.42 Å². The lowest BCUT2D eigenvalue weighted by Gasteiger charge is -2.02. The SMILES string of the molecule is COc1cccc(C=Nc2ccccc2CC#Cc2ccccc2)c1. The fourth-order valence-electron chi connectivity index (χ4n) is 2.42. The number of nitrogens with zero attached hydrogens (tertiary/aromatic N) is 1. The quantitative estimate of drug-likeness (QED) is 0.486. The summed E-state index contributed by atoms with van der Waals surface area (Å²) >= 11 is 0. The van der Waals surface area contributed by atoms with Crippen LogP contribution < -0.4 is 4.74 Å². The summed E-state index contributed by atoms with van der Waals surface area (Å²) < 4.78 is 5.25. The van der Waals surface area contributed by atoms with Crippen molar-refractivity contribution in [2.75, 3.05) is 7.11 Å². The van der Waals surface area contributed by atoms with Crippen LogP contribution in [0, 0.1) is 11.8 Å². The van der Waals surface area contributed by atoms with Gasteiger partial charge in [-0.3, -0.25) is 4.99 Å². The van der Waals surface area contributed by atoms with E-state index in [-0.39, 0.29) is 0 Å². The van der Waals surface area contributed by atoms with Crippen molar-refractivity contribution in [1.82, 2.24) is 0 Å². The van der Waals surface area contributed by atoms with Crippen molar-refractivity contribution in [3.63, 3.8) is 0 Å². The second kappa shape index (κ2) is 8.52. The van der Waals surface area contributed by atoms with E-state index in [4.69, 9.17) is 4.74 Å². The Morgan fingerprint density at radius 3 is 2.56 bits per heavy atom. The molecule has 0 saturated heterocycles. The van der Waals surface area contributed by atoms with Crippen LogP contribution in [0.25, 0.3) is 0 Å². The fourth-order valence-corrected chi connectivity index (χ4v) is 2.42. The lowest BCUT2D eigenvalue weighted by atomic mass is 10.1. The molecule has 3 aromatic carbocycles. The van der Waals surface area contributed by atoms with Crippen molar-refractivity contribution in [3.8, 4) is 17.6 Å². The molecule has 0 amide bonds. The van der Waals surface area contributed by atoms with E-state index >= 15 is 0 Å². The average Bonchev–Trinajstić information content (AvgIpc) is 2.68. The second-order valence-electron chi connectivity index (χ2n) is 5.51. The molecule has 2 heteroatoms. The van der Waals surface area contributed by atoms with E-state index in [0.717, 1.165) is 28.1 Å². The van der Waals surface area contributed by atoms with Crippen LogP contribution in [0.15, 0.2) is 83.9 Å². The van der Waals surface area contributed by atoms with E-state index in [0.29, 0.717) is 6.42 Å². The third-order valence-electron chi connectivity index (χ3n) is 3.72. The van der Waals surface area contributed by atoms with Crippen LogP contribution in [-0.4, -0.2) is 13.3 Å². The van der Waals surface area contributed by atoms with E-state index < -0.39 is 0 Å². The van der Waals surface area contributed by atoms with Crippen molar-refractivity contribution in [2.24, 2.45) is 4.99 Å². The molecule has 0 atom stereocenters. The van der Waals surface area contributed by atoms with Crippen LogP contribution >= 0.6 is 0 Å². The topological polar surface area (TPSA) is 21.6 Å². The van der Waals surface area contributed by atoms with E-state index in [1.54, 1.807) is 7.11 Å².